The third kappa shape index (κ3) is 2.52. The number of hydrogen-bond donors (Lipinski definition) is 1. The van der Waals surface area contributed by atoms with Crippen molar-refractivity contribution < 1.29 is 0 Å². The van der Waals surface area contributed by atoms with Crippen molar-refractivity contribution in [1.29, 1.82) is 10.5 Å². The quantitative estimate of drug-likeness (QED) is 0.659. The number of rotatable bonds is 2. The van der Waals surface area contributed by atoms with Crippen molar-refractivity contribution in [3.63, 3.8) is 0 Å². The second-order valence-electron chi connectivity index (χ2n) is 3.50. The monoisotopic (exact) mass is 343 g/mol. The maximum Gasteiger partial charge on any atom is 0.179 e. The summed E-state index contributed by atoms with van der Waals surface area (Å²) in [5.41, 5.74) is 6.23. The summed E-state index contributed by atoms with van der Waals surface area (Å²) in [7, 11) is 0. The van der Waals surface area contributed by atoms with Gasteiger partial charge in [-0.1, -0.05) is 34.8 Å². The number of nitrogen functional groups attached to an aromatic ring is 1. The van der Waals surface area contributed by atoms with Gasteiger partial charge in [0.15, 0.2) is 5.69 Å². The van der Waals surface area contributed by atoms with E-state index in [2.05, 4.69) is 5.10 Å². The number of nitrogens with zero attached hydrogens (tertiary/aromatic N) is 4. The molecular weight excluding hydrogens is 341 g/mol. The molecule has 1 aromatic heterocycles. The lowest BCUT2D eigenvalue weighted by atomic mass is 10.3. The molecule has 0 atom stereocenters. The average molecular weight is 345 g/mol. The first-order chi connectivity index (χ1) is 9.49. The van der Waals surface area contributed by atoms with Crippen molar-refractivity contribution in [2.75, 3.05) is 5.73 Å². The van der Waals surface area contributed by atoms with Crippen LogP contribution in [-0.2, 0) is 0 Å². The van der Waals surface area contributed by atoms with Crippen molar-refractivity contribution in [2.24, 2.45) is 0 Å². The van der Waals surface area contributed by atoms with Crippen LogP contribution in [0.1, 0.15) is 5.69 Å². The SMILES string of the molecule is N#CSc1c(C#N)nn(-c2c(Cl)cc(Cl)cc2Cl)c1N. The van der Waals surface area contributed by atoms with E-state index in [0.29, 0.717) is 10.7 Å². The zero-order valence-corrected chi connectivity index (χ0v) is 12.6. The molecule has 1 heterocycles. The van der Waals surface area contributed by atoms with E-state index < -0.39 is 0 Å². The molecule has 0 unspecified atom stereocenters. The Labute approximate surface area is 133 Å². The first-order valence-electron chi connectivity index (χ1n) is 4.99. The molecule has 0 fully saturated rings. The Hall–Kier alpha value is -1.57. The number of nitriles is 2. The van der Waals surface area contributed by atoms with Gasteiger partial charge < -0.3 is 5.73 Å². The Morgan fingerprint density at radius 2 is 1.80 bits per heavy atom. The fraction of sp³-hybridized carbons (Fsp3) is 0. The Kier molecular flexibility index (Phi) is 4.32. The normalized spacial score (nSPS) is 10.1. The van der Waals surface area contributed by atoms with E-state index >= 15 is 0 Å². The highest BCUT2D eigenvalue weighted by Crippen LogP contribution is 2.36. The molecule has 0 amide bonds. The number of aromatic nitrogens is 2. The smallest absolute Gasteiger partial charge is 0.179 e. The second kappa shape index (κ2) is 5.82. The molecular formula is C11H4Cl3N5S. The average Bonchev–Trinajstić information content (AvgIpc) is 2.67. The van der Waals surface area contributed by atoms with Crippen LogP contribution in [-0.4, -0.2) is 9.78 Å². The fourth-order valence-corrected chi connectivity index (χ4v) is 2.99. The predicted octanol–water partition coefficient (Wildman–Crippen LogP) is 3.86. The number of benzene rings is 1. The van der Waals surface area contributed by atoms with Gasteiger partial charge in [-0.05, 0) is 23.9 Å². The Morgan fingerprint density at radius 3 is 2.30 bits per heavy atom. The first-order valence-corrected chi connectivity index (χ1v) is 6.94. The van der Waals surface area contributed by atoms with Crippen molar-refractivity contribution in [3.05, 3.63) is 32.9 Å². The lowest BCUT2D eigenvalue weighted by Gasteiger charge is -2.09. The van der Waals surface area contributed by atoms with E-state index in [1.165, 1.54) is 16.8 Å². The van der Waals surface area contributed by atoms with Crippen LogP contribution < -0.4 is 5.73 Å². The van der Waals surface area contributed by atoms with Crippen LogP contribution in [0.2, 0.25) is 15.1 Å². The molecule has 5 nitrogen and oxygen atoms in total. The Morgan fingerprint density at radius 1 is 1.20 bits per heavy atom. The third-order valence-corrected chi connectivity index (χ3v) is 3.82. The summed E-state index contributed by atoms with van der Waals surface area (Å²) in [6.45, 7) is 0. The van der Waals surface area contributed by atoms with E-state index in [1.807, 2.05) is 11.5 Å². The van der Waals surface area contributed by atoms with Gasteiger partial charge in [0.2, 0.25) is 0 Å². The van der Waals surface area contributed by atoms with Gasteiger partial charge in [0, 0.05) is 5.02 Å². The van der Waals surface area contributed by atoms with Gasteiger partial charge in [-0.25, -0.2) is 4.68 Å². The van der Waals surface area contributed by atoms with Gasteiger partial charge in [-0.3, -0.25) is 0 Å². The molecule has 0 aliphatic heterocycles. The topological polar surface area (TPSA) is 91.4 Å². The molecule has 0 spiro atoms. The molecule has 2 aromatic rings. The molecule has 0 saturated carbocycles. The summed E-state index contributed by atoms with van der Waals surface area (Å²) in [5.74, 6) is 0.110. The molecule has 9 heteroatoms. The molecule has 2 N–H and O–H groups in total. The van der Waals surface area contributed by atoms with Gasteiger partial charge in [-0.15, -0.1) is 0 Å². The molecule has 2 rings (SSSR count). The molecule has 20 heavy (non-hydrogen) atoms. The number of hydrogen-bond acceptors (Lipinski definition) is 5. The molecule has 0 bridgehead atoms. The largest absolute Gasteiger partial charge is 0.383 e. The molecule has 0 radical (unpaired) electrons. The number of anilines is 1. The minimum atomic E-state index is 0.0242. The standard InChI is InChI=1S/C11H4Cl3N5S/c12-5-1-6(13)9(7(14)2-5)19-11(17)10(20-4-16)8(3-15)18-19/h1-2H,17H2. The van der Waals surface area contributed by atoms with Crippen LogP contribution in [0.15, 0.2) is 17.0 Å². The minimum Gasteiger partial charge on any atom is -0.383 e. The minimum absolute atomic E-state index is 0.0242. The van der Waals surface area contributed by atoms with E-state index in [-0.39, 0.29) is 26.5 Å². The van der Waals surface area contributed by atoms with Crippen LogP contribution >= 0.6 is 46.6 Å². The predicted molar refractivity (Wildman–Crippen MR) is 79.2 cm³/mol. The Balaban J connectivity index is 2.73. The third-order valence-electron chi connectivity index (χ3n) is 2.32. The van der Waals surface area contributed by atoms with Crippen molar-refractivity contribution >= 4 is 52.4 Å². The number of thiocyanates is 1. The maximum absolute atomic E-state index is 9.02. The summed E-state index contributed by atoms with van der Waals surface area (Å²) in [4.78, 5) is 0.261. The summed E-state index contributed by atoms with van der Waals surface area (Å²) >= 11 is 18.7. The van der Waals surface area contributed by atoms with Crippen LogP contribution in [0, 0.1) is 22.0 Å². The van der Waals surface area contributed by atoms with Crippen molar-refractivity contribution in [2.45, 2.75) is 4.90 Å². The van der Waals surface area contributed by atoms with Crippen molar-refractivity contribution in [1.82, 2.24) is 9.78 Å². The summed E-state index contributed by atoms with van der Waals surface area (Å²) < 4.78 is 1.22. The molecule has 100 valence electrons. The van der Waals surface area contributed by atoms with E-state index in [9.17, 15) is 0 Å². The van der Waals surface area contributed by atoms with Gasteiger partial charge in [0.25, 0.3) is 0 Å². The second-order valence-corrected chi connectivity index (χ2v) is 5.54. The lowest BCUT2D eigenvalue weighted by Crippen LogP contribution is -2.04. The summed E-state index contributed by atoms with van der Waals surface area (Å²) in [5, 5.41) is 24.4. The maximum atomic E-state index is 9.02. The van der Waals surface area contributed by atoms with Gasteiger partial charge >= 0.3 is 0 Å². The van der Waals surface area contributed by atoms with E-state index in [4.69, 9.17) is 51.1 Å². The molecule has 0 aliphatic rings. The molecule has 0 saturated heterocycles. The number of thioether (sulfide) groups is 1. The number of halogens is 3. The van der Waals surface area contributed by atoms with Crippen LogP contribution in [0.5, 0.6) is 0 Å². The van der Waals surface area contributed by atoms with E-state index in [1.54, 1.807) is 0 Å². The van der Waals surface area contributed by atoms with Crippen LogP contribution in [0.25, 0.3) is 5.69 Å². The summed E-state index contributed by atoms with van der Waals surface area (Å²) in [6.07, 6.45) is 0. The fourth-order valence-electron chi connectivity index (χ4n) is 1.54. The summed E-state index contributed by atoms with van der Waals surface area (Å²) in [6, 6.07) is 4.83. The van der Waals surface area contributed by atoms with Crippen molar-refractivity contribution in [3.8, 4) is 17.2 Å². The Bertz CT molecular complexity index is 749. The first kappa shape index (κ1) is 14.8. The zero-order chi connectivity index (χ0) is 14.9. The van der Waals surface area contributed by atoms with Gasteiger partial charge in [-0.2, -0.15) is 15.6 Å². The molecule has 1 aromatic carbocycles. The van der Waals surface area contributed by atoms with Crippen LogP contribution in [0.4, 0.5) is 5.82 Å². The highest BCUT2D eigenvalue weighted by atomic mass is 35.5. The van der Waals surface area contributed by atoms with E-state index in [0.717, 1.165) is 11.8 Å². The number of nitrogens with two attached hydrogens (primary N) is 1. The molecule has 0 aliphatic carbocycles. The lowest BCUT2D eigenvalue weighted by molar-refractivity contribution is 0.884. The van der Waals surface area contributed by atoms with Gasteiger partial charge in [0.05, 0.1) is 10.0 Å². The zero-order valence-electron chi connectivity index (χ0n) is 9.56. The highest BCUT2D eigenvalue weighted by molar-refractivity contribution is 8.04. The highest BCUT2D eigenvalue weighted by Gasteiger charge is 2.20. The van der Waals surface area contributed by atoms with Crippen LogP contribution in [0.3, 0.4) is 0 Å². The van der Waals surface area contributed by atoms with Gasteiger partial charge in [0.1, 0.15) is 27.9 Å².